The molecule has 2 N–H and O–H groups in total. The minimum atomic E-state index is -3.01. The van der Waals surface area contributed by atoms with Crippen molar-refractivity contribution in [3.8, 4) is 5.75 Å². The fourth-order valence-corrected chi connectivity index (χ4v) is 2.92. The Balaban J connectivity index is 2.26. The van der Waals surface area contributed by atoms with Crippen molar-refractivity contribution in [2.45, 2.75) is 19.1 Å². The van der Waals surface area contributed by atoms with E-state index in [0.29, 0.717) is 5.75 Å². The SMILES string of the molecule is CC(CS(C)(=O)=O)NCC(O)COc1ccc(Br)cc1. The van der Waals surface area contributed by atoms with Gasteiger partial charge in [-0.3, -0.25) is 0 Å². The number of sulfone groups is 1. The van der Waals surface area contributed by atoms with Gasteiger partial charge in [-0.15, -0.1) is 0 Å². The molecule has 20 heavy (non-hydrogen) atoms. The van der Waals surface area contributed by atoms with E-state index in [1.807, 2.05) is 12.1 Å². The molecule has 1 rings (SSSR count). The molecule has 2 unspecified atom stereocenters. The van der Waals surface area contributed by atoms with E-state index in [1.165, 1.54) is 6.26 Å². The Morgan fingerprint density at radius 2 is 1.95 bits per heavy atom. The summed E-state index contributed by atoms with van der Waals surface area (Å²) >= 11 is 3.33. The number of halogens is 1. The minimum absolute atomic E-state index is 0.0489. The van der Waals surface area contributed by atoms with Crippen molar-refractivity contribution >= 4 is 25.8 Å². The van der Waals surface area contributed by atoms with E-state index < -0.39 is 15.9 Å². The summed E-state index contributed by atoms with van der Waals surface area (Å²) in [5, 5.41) is 12.7. The average Bonchev–Trinajstić information content (AvgIpc) is 2.33. The first-order valence-corrected chi connectivity index (χ1v) is 9.09. The third-order valence-corrected chi connectivity index (χ3v) is 4.14. The number of aliphatic hydroxyl groups excluding tert-OH is 1. The maximum atomic E-state index is 11.1. The van der Waals surface area contributed by atoms with Crippen LogP contribution in [0, 0.1) is 0 Å². The first-order chi connectivity index (χ1) is 9.26. The molecule has 1 aromatic rings. The molecule has 0 saturated carbocycles. The minimum Gasteiger partial charge on any atom is -0.491 e. The van der Waals surface area contributed by atoms with Gasteiger partial charge >= 0.3 is 0 Å². The van der Waals surface area contributed by atoms with Crippen LogP contribution < -0.4 is 10.1 Å². The molecule has 0 bridgehead atoms. The second-order valence-corrected chi connectivity index (χ2v) is 7.92. The highest BCUT2D eigenvalue weighted by molar-refractivity contribution is 9.10. The molecule has 0 fully saturated rings. The molecule has 7 heteroatoms. The molecular formula is C13H20BrNO4S. The Morgan fingerprint density at radius 3 is 2.50 bits per heavy atom. The van der Waals surface area contributed by atoms with Crippen LogP contribution in [-0.2, 0) is 9.84 Å². The lowest BCUT2D eigenvalue weighted by Gasteiger charge is -2.17. The van der Waals surface area contributed by atoms with Gasteiger partial charge in [0.2, 0.25) is 0 Å². The molecular weight excluding hydrogens is 346 g/mol. The molecule has 0 spiro atoms. The normalized spacial score (nSPS) is 14.8. The predicted octanol–water partition coefficient (Wildman–Crippen LogP) is 1.21. The van der Waals surface area contributed by atoms with Crippen molar-refractivity contribution < 1.29 is 18.3 Å². The van der Waals surface area contributed by atoms with Gasteiger partial charge in [-0.05, 0) is 31.2 Å². The summed E-state index contributed by atoms with van der Waals surface area (Å²) in [7, 11) is -3.01. The van der Waals surface area contributed by atoms with Gasteiger partial charge in [-0.2, -0.15) is 0 Å². The molecule has 0 aliphatic rings. The maximum Gasteiger partial charge on any atom is 0.148 e. The van der Waals surface area contributed by atoms with Gasteiger partial charge in [0, 0.05) is 23.3 Å². The van der Waals surface area contributed by atoms with Crippen molar-refractivity contribution in [2.75, 3.05) is 25.2 Å². The quantitative estimate of drug-likeness (QED) is 0.724. The zero-order valence-electron chi connectivity index (χ0n) is 11.5. The molecule has 0 saturated heterocycles. The number of hydrogen-bond acceptors (Lipinski definition) is 5. The van der Waals surface area contributed by atoms with Crippen LogP contribution in [0.15, 0.2) is 28.7 Å². The van der Waals surface area contributed by atoms with E-state index in [-0.39, 0.29) is 24.9 Å². The number of rotatable bonds is 8. The lowest BCUT2D eigenvalue weighted by molar-refractivity contribution is 0.105. The first kappa shape index (κ1) is 17.4. The molecule has 5 nitrogen and oxygen atoms in total. The highest BCUT2D eigenvalue weighted by atomic mass is 79.9. The van der Waals surface area contributed by atoms with Gasteiger partial charge in [0.25, 0.3) is 0 Å². The Kier molecular flexibility index (Phi) is 6.94. The van der Waals surface area contributed by atoms with Crippen LogP contribution in [-0.4, -0.2) is 50.8 Å². The molecule has 0 aliphatic carbocycles. The molecule has 0 heterocycles. The van der Waals surface area contributed by atoms with Gasteiger partial charge in [0.15, 0.2) is 0 Å². The Bertz CT molecular complexity index is 504. The number of ether oxygens (including phenoxy) is 1. The lowest BCUT2D eigenvalue weighted by Crippen LogP contribution is -2.39. The van der Waals surface area contributed by atoms with E-state index in [9.17, 15) is 13.5 Å². The number of hydrogen-bond donors (Lipinski definition) is 2. The van der Waals surface area contributed by atoms with E-state index in [4.69, 9.17) is 4.74 Å². The van der Waals surface area contributed by atoms with Crippen LogP contribution in [0.1, 0.15) is 6.92 Å². The second kappa shape index (κ2) is 7.97. The summed E-state index contributed by atoms with van der Waals surface area (Å²) in [6.07, 6.45) is 0.499. The van der Waals surface area contributed by atoms with Crippen LogP contribution in [0.5, 0.6) is 5.75 Å². The standard InChI is InChI=1S/C13H20BrNO4S/c1-10(9-20(2,17)18)15-7-12(16)8-19-13-5-3-11(14)4-6-13/h3-6,10,12,15-16H,7-9H2,1-2H3. The van der Waals surface area contributed by atoms with Crippen LogP contribution in [0.25, 0.3) is 0 Å². The summed E-state index contributed by atoms with van der Waals surface area (Å²) in [5.41, 5.74) is 0. The van der Waals surface area contributed by atoms with Crippen molar-refractivity contribution in [1.82, 2.24) is 5.32 Å². The lowest BCUT2D eigenvalue weighted by atomic mass is 10.3. The zero-order chi connectivity index (χ0) is 15.2. The Labute approximate surface area is 128 Å². The van der Waals surface area contributed by atoms with Gasteiger partial charge in [-0.1, -0.05) is 15.9 Å². The molecule has 0 aromatic heterocycles. The van der Waals surface area contributed by atoms with Crippen molar-refractivity contribution in [2.24, 2.45) is 0 Å². The Hall–Kier alpha value is -0.630. The van der Waals surface area contributed by atoms with Crippen LogP contribution >= 0.6 is 15.9 Å². The third kappa shape index (κ3) is 7.84. The predicted molar refractivity (Wildman–Crippen MR) is 82.8 cm³/mol. The molecule has 114 valence electrons. The topological polar surface area (TPSA) is 75.6 Å². The first-order valence-electron chi connectivity index (χ1n) is 6.24. The molecule has 0 amide bonds. The smallest absolute Gasteiger partial charge is 0.148 e. The van der Waals surface area contributed by atoms with Crippen molar-refractivity contribution in [3.05, 3.63) is 28.7 Å². The molecule has 0 aliphatic heterocycles. The fraction of sp³-hybridized carbons (Fsp3) is 0.538. The molecule has 2 atom stereocenters. The van der Waals surface area contributed by atoms with Gasteiger partial charge < -0.3 is 15.2 Å². The highest BCUT2D eigenvalue weighted by Gasteiger charge is 2.12. The fourth-order valence-electron chi connectivity index (χ4n) is 1.63. The summed E-state index contributed by atoms with van der Waals surface area (Å²) in [6, 6.07) is 7.11. The number of benzene rings is 1. The summed E-state index contributed by atoms with van der Waals surface area (Å²) in [5.74, 6) is 0.726. The van der Waals surface area contributed by atoms with Gasteiger partial charge in [-0.25, -0.2) is 8.42 Å². The van der Waals surface area contributed by atoms with Crippen LogP contribution in [0.3, 0.4) is 0 Å². The van der Waals surface area contributed by atoms with Crippen molar-refractivity contribution in [1.29, 1.82) is 0 Å². The average molecular weight is 366 g/mol. The van der Waals surface area contributed by atoms with Crippen molar-refractivity contribution in [3.63, 3.8) is 0 Å². The highest BCUT2D eigenvalue weighted by Crippen LogP contribution is 2.16. The van der Waals surface area contributed by atoms with E-state index in [0.717, 1.165) is 4.47 Å². The van der Waals surface area contributed by atoms with Crippen LogP contribution in [0.4, 0.5) is 0 Å². The zero-order valence-corrected chi connectivity index (χ0v) is 13.9. The second-order valence-electron chi connectivity index (χ2n) is 4.82. The molecule has 1 aromatic carbocycles. The Morgan fingerprint density at radius 1 is 1.35 bits per heavy atom. The van der Waals surface area contributed by atoms with Gasteiger partial charge in [0.05, 0.1) is 5.75 Å². The summed E-state index contributed by atoms with van der Waals surface area (Å²) in [4.78, 5) is 0. The largest absolute Gasteiger partial charge is 0.491 e. The summed E-state index contributed by atoms with van der Waals surface area (Å²) in [6.45, 7) is 2.21. The number of aliphatic hydroxyl groups is 1. The van der Waals surface area contributed by atoms with E-state index in [1.54, 1.807) is 19.1 Å². The van der Waals surface area contributed by atoms with E-state index >= 15 is 0 Å². The van der Waals surface area contributed by atoms with Crippen LogP contribution in [0.2, 0.25) is 0 Å². The molecule has 0 radical (unpaired) electrons. The summed E-state index contributed by atoms with van der Waals surface area (Å²) < 4.78 is 28.6. The van der Waals surface area contributed by atoms with E-state index in [2.05, 4.69) is 21.2 Å². The third-order valence-electron chi connectivity index (χ3n) is 2.51. The van der Waals surface area contributed by atoms with Gasteiger partial charge in [0.1, 0.15) is 28.3 Å². The maximum absolute atomic E-state index is 11.1. The number of nitrogens with one attached hydrogen (secondary N) is 1. The monoisotopic (exact) mass is 365 g/mol.